The predicted octanol–water partition coefficient (Wildman–Crippen LogP) is 2.26. The maximum absolute atomic E-state index is 12.2. The Kier molecular flexibility index (Phi) is 8.33. The van der Waals surface area contributed by atoms with Crippen LogP contribution in [0.15, 0.2) is 29.2 Å². The second-order valence-electron chi connectivity index (χ2n) is 5.03. The standard InChI is InChI=1S/C15H26N2O2S2/c1-4-20-12-13(2)17-21(18,19)15-9-7-14(8-10-15)6-5-11-16-3/h7-10,13,16-17H,4-6,11-12H2,1-3H3. The van der Waals surface area contributed by atoms with Gasteiger partial charge < -0.3 is 5.32 Å². The lowest BCUT2D eigenvalue weighted by Crippen LogP contribution is -2.34. The molecule has 0 spiro atoms. The summed E-state index contributed by atoms with van der Waals surface area (Å²) in [7, 11) is -1.48. The summed E-state index contributed by atoms with van der Waals surface area (Å²) in [4.78, 5) is 0.341. The molecule has 120 valence electrons. The Morgan fingerprint density at radius 1 is 1.24 bits per heavy atom. The summed E-state index contributed by atoms with van der Waals surface area (Å²) in [6.07, 6.45) is 2.00. The van der Waals surface area contributed by atoms with Gasteiger partial charge in [-0.25, -0.2) is 13.1 Å². The van der Waals surface area contributed by atoms with Crippen molar-refractivity contribution in [1.82, 2.24) is 10.0 Å². The minimum absolute atomic E-state index is 0.0599. The molecule has 4 nitrogen and oxygen atoms in total. The van der Waals surface area contributed by atoms with Crippen LogP contribution in [0.3, 0.4) is 0 Å². The molecule has 0 aliphatic heterocycles. The van der Waals surface area contributed by atoms with Gasteiger partial charge in [0.15, 0.2) is 0 Å². The minimum atomic E-state index is -3.41. The van der Waals surface area contributed by atoms with Gasteiger partial charge in [-0.15, -0.1) is 0 Å². The van der Waals surface area contributed by atoms with E-state index in [1.165, 1.54) is 5.56 Å². The van der Waals surface area contributed by atoms with Crippen LogP contribution in [0.4, 0.5) is 0 Å². The van der Waals surface area contributed by atoms with E-state index >= 15 is 0 Å². The van der Waals surface area contributed by atoms with Gasteiger partial charge in [0.2, 0.25) is 10.0 Å². The van der Waals surface area contributed by atoms with E-state index in [1.807, 2.05) is 26.1 Å². The quantitative estimate of drug-likeness (QED) is 0.646. The Hall–Kier alpha value is -0.560. The maximum Gasteiger partial charge on any atom is 0.240 e. The molecule has 1 aromatic rings. The molecular formula is C15H26N2O2S2. The molecule has 0 aliphatic rings. The van der Waals surface area contributed by atoms with Crippen LogP contribution in [0.2, 0.25) is 0 Å². The van der Waals surface area contributed by atoms with Gasteiger partial charge in [0.1, 0.15) is 0 Å². The molecule has 1 rings (SSSR count). The van der Waals surface area contributed by atoms with Crippen molar-refractivity contribution < 1.29 is 8.42 Å². The molecule has 0 radical (unpaired) electrons. The average Bonchev–Trinajstić information content (AvgIpc) is 2.45. The first-order valence-corrected chi connectivity index (χ1v) is 9.97. The molecule has 0 saturated carbocycles. The van der Waals surface area contributed by atoms with Crippen molar-refractivity contribution in [3.8, 4) is 0 Å². The first kappa shape index (κ1) is 18.5. The van der Waals surface area contributed by atoms with Gasteiger partial charge in [-0.3, -0.25) is 0 Å². The van der Waals surface area contributed by atoms with Gasteiger partial charge in [0.25, 0.3) is 0 Å². The second kappa shape index (κ2) is 9.46. The van der Waals surface area contributed by atoms with Crippen molar-refractivity contribution in [3.63, 3.8) is 0 Å². The molecule has 2 N–H and O–H groups in total. The smallest absolute Gasteiger partial charge is 0.240 e. The Bertz CT molecular complexity index is 501. The molecule has 0 fully saturated rings. The van der Waals surface area contributed by atoms with Crippen LogP contribution in [0.1, 0.15) is 25.8 Å². The van der Waals surface area contributed by atoms with E-state index in [2.05, 4.69) is 17.0 Å². The number of nitrogens with one attached hydrogen (secondary N) is 2. The molecule has 0 bridgehead atoms. The zero-order chi connectivity index (χ0) is 15.7. The van der Waals surface area contributed by atoms with E-state index in [4.69, 9.17) is 0 Å². The normalized spacial score (nSPS) is 13.3. The zero-order valence-electron chi connectivity index (χ0n) is 13.1. The molecule has 0 heterocycles. The highest BCUT2D eigenvalue weighted by molar-refractivity contribution is 7.99. The SMILES string of the molecule is CCSCC(C)NS(=O)(=O)c1ccc(CCCNC)cc1. The monoisotopic (exact) mass is 330 g/mol. The second-order valence-corrected chi connectivity index (χ2v) is 8.07. The fourth-order valence-corrected chi connectivity index (χ4v) is 3.99. The third-order valence-electron chi connectivity index (χ3n) is 3.05. The van der Waals surface area contributed by atoms with Crippen LogP contribution < -0.4 is 10.0 Å². The van der Waals surface area contributed by atoms with Gasteiger partial charge in [-0.1, -0.05) is 19.1 Å². The number of hydrogen-bond acceptors (Lipinski definition) is 4. The first-order chi connectivity index (χ1) is 9.99. The van der Waals surface area contributed by atoms with Crippen LogP contribution in [0.25, 0.3) is 0 Å². The molecule has 21 heavy (non-hydrogen) atoms. The number of benzene rings is 1. The summed E-state index contributed by atoms with van der Waals surface area (Å²) in [6, 6.07) is 7.12. The van der Waals surface area contributed by atoms with Crippen molar-refractivity contribution >= 4 is 21.8 Å². The van der Waals surface area contributed by atoms with Crippen LogP contribution in [0, 0.1) is 0 Å². The van der Waals surface area contributed by atoms with Crippen LogP contribution in [-0.2, 0) is 16.4 Å². The van der Waals surface area contributed by atoms with Gasteiger partial charge in [-0.05, 0) is 56.8 Å². The first-order valence-electron chi connectivity index (χ1n) is 7.33. The van der Waals surface area contributed by atoms with Crippen LogP contribution >= 0.6 is 11.8 Å². The van der Waals surface area contributed by atoms with Crippen molar-refractivity contribution in [3.05, 3.63) is 29.8 Å². The predicted molar refractivity (Wildman–Crippen MR) is 91.5 cm³/mol. The van der Waals surface area contributed by atoms with E-state index in [-0.39, 0.29) is 6.04 Å². The van der Waals surface area contributed by atoms with Crippen molar-refractivity contribution in [1.29, 1.82) is 0 Å². The fraction of sp³-hybridized carbons (Fsp3) is 0.600. The lowest BCUT2D eigenvalue weighted by molar-refractivity contribution is 0.571. The number of aryl methyl sites for hydroxylation is 1. The Labute approximate surface area is 133 Å². The van der Waals surface area contributed by atoms with Crippen molar-refractivity contribution in [2.45, 2.75) is 37.6 Å². The summed E-state index contributed by atoms with van der Waals surface area (Å²) >= 11 is 1.73. The zero-order valence-corrected chi connectivity index (χ0v) is 14.7. The number of thioether (sulfide) groups is 1. The third kappa shape index (κ3) is 6.82. The molecule has 0 aliphatic carbocycles. The van der Waals surface area contributed by atoms with Gasteiger partial charge in [0.05, 0.1) is 4.90 Å². The molecule has 6 heteroatoms. The molecule has 1 aromatic carbocycles. The molecule has 0 amide bonds. The number of hydrogen-bond donors (Lipinski definition) is 2. The molecule has 0 saturated heterocycles. The highest BCUT2D eigenvalue weighted by atomic mass is 32.2. The third-order valence-corrected chi connectivity index (χ3v) is 5.80. The molecule has 0 aromatic heterocycles. The summed E-state index contributed by atoms with van der Waals surface area (Å²) in [5.41, 5.74) is 1.17. The number of rotatable bonds is 10. The Morgan fingerprint density at radius 3 is 2.48 bits per heavy atom. The summed E-state index contributed by atoms with van der Waals surface area (Å²) in [5.74, 6) is 1.78. The lowest BCUT2D eigenvalue weighted by atomic mass is 10.1. The molecule has 1 unspecified atom stereocenters. The summed E-state index contributed by atoms with van der Waals surface area (Å²) < 4.78 is 27.2. The topological polar surface area (TPSA) is 58.2 Å². The Morgan fingerprint density at radius 2 is 1.90 bits per heavy atom. The minimum Gasteiger partial charge on any atom is -0.320 e. The van der Waals surface area contributed by atoms with E-state index in [1.54, 1.807) is 23.9 Å². The van der Waals surface area contributed by atoms with Crippen LogP contribution in [0.5, 0.6) is 0 Å². The maximum atomic E-state index is 12.2. The molecular weight excluding hydrogens is 304 g/mol. The largest absolute Gasteiger partial charge is 0.320 e. The van der Waals surface area contributed by atoms with E-state index in [0.29, 0.717) is 4.90 Å². The highest BCUT2D eigenvalue weighted by Crippen LogP contribution is 2.13. The number of sulfonamides is 1. The Balaban J connectivity index is 2.62. The van der Waals surface area contributed by atoms with Crippen LogP contribution in [-0.4, -0.2) is 39.6 Å². The van der Waals surface area contributed by atoms with Gasteiger partial charge in [0, 0.05) is 11.8 Å². The lowest BCUT2D eigenvalue weighted by Gasteiger charge is -2.13. The van der Waals surface area contributed by atoms with E-state index in [9.17, 15) is 8.42 Å². The average molecular weight is 331 g/mol. The van der Waals surface area contributed by atoms with E-state index < -0.39 is 10.0 Å². The van der Waals surface area contributed by atoms with Gasteiger partial charge >= 0.3 is 0 Å². The van der Waals surface area contributed by atoms with E-state index in [0.717, 1.165) is 30.9 Å². The van der Waals surface area contributed by atoms with Gasteiger partial charge in [-0.2, -0.15) is 11.8 Å². The fourth-order valence-electron chi connectivity index (χ4n) is 1.97. The van der Waals surface area contributed by atoms with Crippen molar-refractivity contribution in [2.24, 2.45) is 0 Å². The van der Waals surface area contributed by atoms with Crippen molar-refractivity contribution in [2.75, 3.05) is 25.1 Å². The molecule has 1 atom stereocenters. The highest BCUT2D eigenvalue weighted by Gasteiger charge is 2.16. The summed E-state index contributed by atoms with van der Waals surface area (Å²) in [5, 5.41) is 3.10. The summed E-state index contributed by atoms with van der Waals surface area (Å²) in [6.45, 7) is 4.93.